The van der Waals surface area contributed by atoms with E-state index in [1.165, 1.54) is 13.2 Å². The SMILES string of the molecule is COC(=O)c1cc(Cl)c(Cl)c2[nH]c3c(c12)CC(=O)NCC3. The predicted octanol–water partition coefficient (Wildman–Crippen LogP) is 2.48. The zero-order valence-corrected chi connectivity index (χ0v) is 12.7. The van der Waals surface area contributed by atoms with Gasteiger partial charge in [-0.05, 0) is 11.6 Å². The monoisotopic (exact) mass is 326 g/mol. The van der Waals surface area contributed by atoms with Gasteiger partial charge in [-0.15, -0.1) is 0 Å². The molecule has 21 heavy (non-hydrogen) atoms. The van der Waals surface area contributed by atoms with Crippen molar-refractivity contribution in [3.63, 3.8) is 0 Å². The van der Waals surface area contributed by atoms with Crippen LogP contribution in [0.25, 0.3) is 10.9 Å². The van der Waals surface area contributed by atoms with Gasteiger partial charge in [0.25, 0.3) is 0 Å². The number of esters is 1. The Hall–Kier alpha value is -1.72. The van der Waals surface area contributed by atoms with Crippen molar-refractivity contribution < 1.29 is 14.3 Å². The molecular weight excluding hydrogens is 315 g/mol. The number of hydrogen-bond donors (Lipinski definition) is 2. The standard InChI is InChI=1S/C14H12Cl2N2O3/c1-21-14(20)7-4-8(15)12(16)13-11(7)6-5-10(19)17-3-2-9(6)18-13/h4,18H,2-3,5H2,1H3,(H,17,19). The molecule has 0 unspecified atom stereocenters. The average Bonchev–Trinajstić information content (AvgIpc) is 2.70. The third-order valence-corrected chi connectivity index (χ3v) is 4.39. The number of carbonyl (C=O) groups is 2. The number of aromatic nitrogens is 1. The maximum absolute atomic E-state index is 12.0. The zero-order valence-electron chi connectivity index (χ0n) is 11.2. The lowest BCUT2D eigenvalue weighted by atomic mass is 10.0. The summed E-state index contributed by atoms with van der Waals surface area (Å²) in [5, 5.41) is 4.02. The topological polar surface area (TPSA) is 71.2 Å². The fourth-order valence-electron chi connectivity index (χ4n) is 2.66. The van der Waals surface area contributed by atoms with Gasteiger partial charge in [0.1, 0.15) is 0 Å². The van der Waals surface area contributed by atoms with E-state index < -0.39 is 5.97 Å². The molecule has 0 aliphatic carbocycles. The van der Waals surface area contributed by atoms with Crippen molar-refractivity contribution >= 4 is 46.0 Å². The number of rotatable bonds is 1. The van der Waals surface area contributed by atoms with Gasteiger partial charge in [-0.25, -0.2) is 4.79 Å². The highest BCUT2D eigenvalue weighted by atomic mass is 35.5. The molecule has 1 aliphatic rings. The second kappa shape index (κ2) is 5.24. The lowest BCUT2D eigenvalue weighted by Gasteiger charge is -2.07. The number of halogens is 2. The lowest BCUT2D eigenvalue weighted by molar-refractivity contribution is -0.120. The van der Waals surface area contributed by atoms with Crippen molar-refractivity contribution in [1.29, 1.82) is 0 Å². The molecule has 1 aliphatic heterocycles. The van der Waals surface area contributed by atoms with Gasteiger partial charge >= 0.3 is 5.97 Å². The summed E-state index contributed by atoms with van der Waals surface area (Å²) in [6, 6.07) is 1.48. The summed E-state index contributed by atoms with van der Waals surface area (Å²) in [6.45, 7) is 0.539. The Morgan fingerprint density at radius 1 is 1.38 bits per heavy atom. The Labute approximate surface area is 130 Å². The largest absolute Gasteiger partial charge is 0.465 e. The summed E-state index contributed by atoms with van der Waals surface area (Å²) < 4.78 is 4.80. The van der Waals surface area contributed by atoms with Crippen molar-refractivity contribution in [2.24, 2.45) is 0 Å². The molecule has 0 spiro atoms. The van der Waals surface area contributed by atoms with E-state index in [0.29, 0.717) is 34.5 Å². The molecule has 0 radical (unpaired) electrons. The van der Waals surface area contributed by atoms with Crippen LogP contribution in [-0.2, 0) is 22.4 Å². The Bertz CT molecular complexity index is 767. The van der Waals surface area contributed by atoms with Gasteiger partial charge in [0.05, 0.1) is 34.7 Å². The zero-order chi connectivity index (χ0) is 15.1. The van der Waals surface area contributed by atoms with Gasteiger partial charge in [0.2, 0.25) is 5.91 Å². The number of aromatic amines is 1. The van der Waals surface area contributed by atoms with Crippen LogP contribution >= 0.6 is 23.2 Å². The average molecular weight is 327 g/mol. The normalized spacial score (nSPS) is 14.5. The van der Waals surface area contributed by atoms with Crippen LogP contribution in [0.1, 0.15) is 21.6 Å². The van der Waals surface area contributed by atoms with E-state index in [1.807, 2.05) is 0 Å². The molecule has 0 saturated heterocycles. The molecule has 2 heterocycles. The number of carbonyl (C=O) groups excluding carboxylic acids is 2. The van der Waals surface area contributed by atoms with Gasteiger partial charge in [-0.3, -0.25) is 4.79 Å². The van der Waals surface area contributed by atoms with Gasteiger partial charge in [0.15, 0.2) is 0 Å². The van der Waals surface area contributed by atoms with Crippen LogP contribution in [0.4, 0.5) is 0 Å². The van der Waals surface area contributed by atoms with Crippen LogP contribution in [0, 0.1) is 0 Å². The molecule has 1 amide bonds. The first-order valence-corrected chi connectivity index (χ1v) is 7.15. The number of fused-ring (bicyclic) bond motifs is 3. The van der Waals surface area contributed by atoms with Gasteiger partial charge in [-0.2, -0.15) is 0 Å². The van der Waals surface area contributed by atoms with Crippen molar-refractivity contribution in [1.82, 2.24) is 10.3 Å². The second-order valence-corrected chi connectivity index (χ2v) is 5.61. The molecule has 3 rings (SSSR count). The Morgan fingerprint density at radius 2 is 2.14 bits per heavy atom. The highest BCUT2D eigenvalue weighted by molar-refractivity contribution is 6.45. The molecule has 0 bridgehead atoms. The number of benzene rings is 1. The van der Waals surface area contributed by atoms with Crippen LogP contribution in [0.3, 0.4) is 0 Å². The number of nitrogens with one attached hydrogen (secondary N) is 2. The molecule has 2 N–H and O–H groups in total. The van der Waals surface area contributed by atoms with E-state index in [0.717, 1.165) is 11.3 Å². The third-order valence-electron chi connectivity index (χ3n) is 3.60. The molecule has 2 aromatic rings. The number of ether oxygens (including phenoxy) is 1. The second-order valence-electron chi connectivity index (χ2n) is 4.82. The van der Waals surface area contributed by atoms with Crippen molar-refractivity contribution in [3.8, 4) is 0 Å². The highest BCUT2D eigenvalue weighted by Gasteiger charge is 2.25. The molecule has 1 aromatic heterocycles. The maximum atomic E-state index is 12.0. The van der Waals surface area contributed by atoms with Crippen LogP contribution in [0.2, 0.25) is 10.0 Å². The van der Waals surface area contributed by atoms with E-state index in [2.05, 4.69) is 10.3 Å². The molecule has 0 saturated carbocycles. The number of amides is 1. The number of H-pyrrole nitrogens is 1. The quantitative estimate of drug-likeness (QED) is 0.791. The van der Waals surface area contributed by atoms with Crippen LogP contribution in [0.5, 0.6) is 0 Å². The van der Waals surface area contributed by atoms with Gasteiger partial charge in [0, 0.05) is 24.0 Å². The molecular formula is C14H12Cl2N2O3. The molecule has 0 atom stereocenters. The minimum Gasteiger partial charge on any atom is -0.465 e. The smallest absolute Gasteiger partial charge is 0.338 e. The van der Waals surface area contributed by atoms with Crippen LogP contribution in [0.15, 0.2) is 6.07 Å². The summed E-state index contributed by atoms with van der Waals surface area (Å²) in [4.78, 5) is 27.0. The first kappa shape index (κ1) is 14.2. The first-order chi connectivity index (χ1) is 10.0. The molecule has 7 heteroatoms. The van der Waals surface area contributed by atoms with Crippen molar-refractivity contribution in [3.05, 3.63) is 32.9 Å². The van der Waals surface area contributed by atoms with E-state index in [-0.39, 0.29) is 17.4 Å². The van der Waals surface area contributed by atoms with Gasteiger partial charge in [-0.1, -0.05) is 23.2 Å². The van der Waals surface area contributed by atoms with E-state index in [9.17, 15) is 9.59 Å². The number of hydrogen-bond acceptors (Lipinski definition) is 3. The van der Waals surface area contributed by atoms with Gasteiger partial charge < -0.3 is 15.0 Å². The fourth-order valence-corrected chi connectivity index (χ4v) is 3.06. The summed E-state index contributed by atoms with van der Waals surface area (Å²) in [7, 11) is 1.30. The summed E-state index contributed by atoms with van der Waals surface area (Å²) in [5.41, 5.74) is 2.55. The van der Waals surface area contributed by atoms with E-state index >= 15 is 0 Å². The summed E-state index contributed by atoms with van der Waals surface area (Å²) in [5.74, 6) is -0.596. The minimum atomic E-state index is -0.509. The van der Waals surface area contributed by atoms with Crippen LogP contribution in [-0.4, -0.2) is 30.5 Å². The molecule has 110 valence electrons. The molecule has 0 fully saturated rings. The maximum Gasteiger partial charge on any atom is 0.338 e. The van der Waals surface area contributed by atoms with Crippen molar-refractivity contribution in [2.45, 2.75) is 12.8 Å². The fraction of sp³-hybridized carbons (Fsp3) is 0.286. The Kier molecular flexibility index (Phi) is 3.55. The molecule has 5 nitrogen and oxygen atoms in total. The first-order valence-electron chi connectivity index (χ1n) is 6.39. The van der Waals surface area contributed by atoms with Crippen LogP contribution < -0.4 is 5.32 Å². The Morgan fingerprint density at radius 3 is 2.86 bits per heavy atom. The van der Waals surface area contributed by atoms with E-state index in [1.54, 1.807) is 0 Å². The minimum absolute atomic E-state index is 0.0865. The third kappa shape index (κ3) is 2.26. The lowest BCUT2D eigenvalue weighted by Crippen LogP contribution is -2.24. The molecule has 1 aromatic carbocycles. The summed E-state index contributed by atoms with van der Waals surface area (Å²) in [6.07, 6.45) is 0.835. The highest BCUT2D eigenvalue weighted by Crippen LogP contribution is 2.37. The van der Waals surface area contributed by atoms with Crippen molar-refractivity contribution in [2.75, 3.05) is 13.7 Å². The predicted molar refractivity (Wildman–Crippen MR) is 80.1 cm³/mol. The van der Waals surface area contributed by atoms with E-state index in [4.69, 9.17) is 27.9 Å². The number of methoxy groups -OCH3 is 1. The summed E-state index contributed by atoms with van der Waals surface area (Å²) >= 11 is 12.3. The Balaban J connectivity index is 2.37.